The number of fused-ring (bicyclic) bond motifs is 6. The topological polar surface area (TPSA) is 8.17 Å². The average Bonchev–Trinajstić information content (AvgIpc) is 3.72. The molecule has 2 heteroatoms. The van der Waals surface area contributed by atoms with Crippen molar-refractivity contribution in [1.29, 1.82) is 0 Å². The number of rotatable bonds is 8. The van der Waals surface area contributed by atoms with Crippen molar-refractivity contribution < 1.29 is 0 Å². The minimum absolute atomic E-state index is 1.08. The zero-order valence-electron chi connectivity index (χ0n) is 35.1. The van der Waals surface area contributed by atoms with E-state index in [-0.39, 0.29) is 0 Å². The third-order valence-electron chi connectivity index (χ3n) is 12.7. The van der Waals surface area contributed by atoms with E-state index in [2.05, 4.69) is 264 Å². The normalized spacial score (nSPS) is 11.4. The maximum atomic E-state index is 2.45. The Morgan fingerprint density at radius 3 is 1.52 bits per heavy atom. The summed E-state index contributed by atoms with van der Waals surface area (Å²) >= 11 is 0. The maximum absolute atomic E-state index is 2.45. The summed E-state index contributed by atoms with van der Waals surface area (Å²) in [5, 5.41) is 7.45. The molecule has 0 aliphatic heterocycles. The van der Waals surface area contributed by atoms with E-state index in [1.807, 2.05) is 0 Å². The standard InChI is InChI=1S/C62H42N2/c1-4-17-43(18-5-1)49-39-50(41-53(40-49)64-60-29-15-14-28-57(60)62-56-27-13-11-24-48(56)33-38-61(62)64)44-31-34-51(35-32-44)63(59-30-16-25-46-23-10-12-26-55(46)59)52-36-37-54(45-19-6-2-7-20-45)58(42-52)47-21-8-3-9-22-47/h1-42H. The number of nitrogens with zero attached hydrogens (tertiary/aromatic N) is 2. The summed E-state index contributed by atoms with van der Waals surface area (Å²) in [7, 11) is 0. The highest BCUT2D eigenvalue weighted by Gasteiger charge is 2.20. The van der Waals surface area contributed by atoms with Crippen molar-refractivity contribution in [3.63, 3.8) is 0 Å². The Balaban J connectivity index is 1.04. The van der Waals surface area contributed by atoms with Gasteiger partial charge in [0.2, 0.25) is 0 Å². The summed E-state index contributed by atoms with van der Waals surface area (Å²) in [5.74, 6) is 0. The summed E-state index contributed by atoms with van der Waals surface area (Å²) in [6, 6.07) is 92.7. The van der Waals surface area contributed by atoms with Gasteiger partial charge in [0.1, 0.15) is 0 Å². The molecular formula is C62H42N2. The summed E-state index contributed by atoms with van der Waals surface area (Å²) in [6.07, 6.45) is 0. The SMILES string of the molecule is c1ccc(-c2cc(-c3ccc(N(c4ccc(-c5ccccc5)c(-c5ccccc5)c4)c4cccc5ccccc45)cc3)cc(-n3c4ccccc4c4c5ccccc5ccc43)c2)cc1. The first-order chi connectivity index (χ1) is 31.7. The highest BCUT2D eigenvalue weighted by atomic mass is 15.1. The third-order valence-corrected chi connectivity index (χ3v) is 12.7. The van der Waals surface area contributed by atoms with Gasteiger partial charge in [0.05, 0.1) is 16.7 Å². The van der Waals surface area contributed by atoms with Crippen LogP contribution in [0.5, 0.6) is 0 Å². The van der Waals surface area contributed by atoms with Crippen LogP contribution in [0, 0.1) is 0 Å². The second-order valence-corrected chi connectivity index (χ2v) is 16.5. The fourth-order valence-corrected chi connectivity index (χ4v) is 9.75. The number of hydrogen-bond donors (Lipinski definition) is 0. The van der Waals surface area contributed by atoms with E-state index in [9.17, 15) is 0 Å². The maximum Gasteiger partial charge on any atom is 0.0547 e. The van der Waals surface area contributed by atoms with E-state index in [1.165, 1.54) is 76.7 Å². The van der Waals surface area contributed by atoms with Crippen LogP contribution in [0.1, 0.15) is 0 Å². The minimum Gasteiger partial charge on any atom is -0.310 e. The van der Waals surface area contributed by atoms with Crippen molar-refractivity contribution in [2.45, 2.75) is 0 Å². The van der Waals surface area contributed by atoms with E-state index in [1.54, 1.807) is 0 Å². The summed E-state index contributed by atoms with van der Waals surface area (Å²) < 4.78 is 2.45. The highest BCUT2D eigenvalue weighted by molar-refractivity contribution is 6.21. The van der Waals surface area contributed by atoms with Gasteiger partial charge >= 0.3 is 0 Å². The van der Waals surface area contributed by atoms with Crippen LogP contribution in [0.4, 0.5) is 17.1 Å². The predicted octanol–water partition coefficient (Wildman–Crippen LogP) is 17.2. The Morgan fingerprint density at radius 2 is 0.812 bits per heavy atom. The second kappa shape index (κ2) is 15.8. The Hall–Kier alpha value is -8.46. The average molecular weight is 815 g/mol. The monoisotopic (exact) mass is 814 g/mol. The van der Waals surface area contributed by atoms with Crippen LogP contribution in [-0.2, 0) is 0 Å². The molecule has 11 aromatic carbocycles. The van der Waals surface area contributed by atoms with Crippen molar-refractivity contribution in [2.75, 3.05) is 4.90 Å². The molecule has 0 amide bonds. The number of anilines is 3. The Kier molecular flexibility index (Phi) is 9.20. The van der Waals surface area contributed by atoms with Gasteiger partial charge in [-0.3, -0.25) is 0 Å². The van der Waals surface area contributed by atoms with E-state index >= 15 is 0 Å². The molecule has 0 unspecified atom stereocenters. The molecule has 2 nitrogen and oxygen atoms in total. The van der Waals surface area contributed by atoms with Gasteiger partial charge in [0.15, 0.2) is 0 Å². The van der Waals surface area contributed by atoms with Gasteiger partial charge in [-0.25, -0.2) is 0 Å². The largest absolute Gasteiger partial charge is 0.310 e. The van der Waals surface area contributed by atoms with Crippen LogP contribution < -0.4 is 4.90 Å². The van der Waals surface area contributed by atoms with Gasteiger partial charge < -0.3 is 9.47 Å². The first-order valence-corrected chi connectivity index (χ1v) is 22.0. The molecule has 12 rings (SSSR count). The van der Waals surface area contributed by atoms with Crippen molar-refractivity contribution in [1.82, 2.24) is 4.57 Å². The molecule has 12 aromatic rings. The van der Waals surface area contributed by atoms with E-state index in [0.29, 0.717) is 0 Å². The van der Waals surface area contributed by atoms with Crippen LogP contribution in [0.3, 0.4) is 0 Å². The lowest BCUT2D eigenvalue weighted by Crippen LogP contribution is -2.11. The smallest absolute Gasteiger partial charge is 0.0547 e. The van der Waals surface area contributed by atoms with E-state index in [4.69, 9.17) is 0 Å². The summed E-state index contributed by atoms with van der Waals surface area (Å²) in [5.41, 5.74) is 16.3. The lowest BCUT2D eigenvalue weighted by Gasteiger charge is -2.28. The van der Waals surface area contributed by atoms with Crippen molar-refractivity contribution in [3.05, 3.63) is 255 Å². The van der Waals surface area contributed by atoms with Crippen LogP contribution in [0.15, 0.2) is 255 Å². The van der Waals surface area contributed by atoms with Gasteiger partial charge in [-0.2, -0.15) is 0 Å². The lowest BCUT2D eigenvalue weighted by molar-refractivity contribution is 1.18. The molecule has 300 valence electrons. The van der Waals surface area contributed by atoms with Gasteiger partial charge in [0, 0.05) is 33.2 Å². The predicted molar refractivity (Wildman–Crippen MR) is 272 cm³/mol. The van der Waals surface area contributed by atoms with E-state index < -0.39 is 0 Å². The van der Waals surface area contributed by atoms with Gasteiger partial charge in [-0.15, -0.1) is 0 Å². The fraction of sp³-hybridized carbons (Fsp3) is 0. The molecule has 0 N–H and O–H groups in total. The Morgan fingerprint density at radius 1 is 0.281 bits per heavy atom. The number of hydrogen-bond acceptors (Lipinski definition) is 1. The van der Waals surface area contributed by atoms with Crippen molar-refractivity contribution >= 4 is 60.4 Å². The van der Waals surface area contributed by atoms with E-state index in [0.717, 1.165) is 33.9 Å². The van der Waals surface area contributed by atoms with Crippen molar-refractivity contribution in [2.24, 2.45) is 0 Å². The number of para-hydroxylation sites is 1. The summed E-state index contributed by atoms with van der Waals surface area (Å²) in [4.78, 5) is 2.42. The Bertz CT molecular complexity index is 3640. The molecule has 1 aromatic heterocycles. The van der Waals surface area contributed by atoms with Gasteiger partial charge in [-0.05, 0) is 121 Å². The molecule has 0 aliphatic carbocycles. The molecule has 0 radical (unpaired) electrons. The highest BCUT2D eigenvalue weighted by Crippen LogP contribution is 2.44. The van der Waals surface area contributed by atoms with Crippen LogP contribution in [-0.4, -0.2) is 4.57 Å². The summed E-state index contributed by atoms with van der Waals surface area (Å²) in [6.45, 7) is 0. The first kappa shape index (κ1) is 37.3. The fourth-order valence-electron chi connectivity index (χ4n) is 9.75. The molecular weight excluding hydrogens is 773 g/mol. The van der Waals surface area contributed by atoms with Crippen molar-refractivity contribution in [3.8, 4) is 50.2 Å². The molecule has 0 fully saturated rings. The molecule has 64 heavy (non-hydrogen) atoms. The third kappa shape index (κ3) is 6.52. The zero-order chi connectivity index (χ0) is 42.4. The Labute approximate surface area is 373 Å². The molecule has 0 aliphatic rings. The lowest BCUT2D eigenvalue weighted by atomic mass is 9.93. The van der Waals surface area contributed by atoms with Gasteiger partial charge in [-0.1, -0.05) is 194 Å². The zero-order valence-corrected chi connectivity index (χ0v) is 35.1. The van der Waals surface area contributed by atoms with Crippen LogP contribution in [0.25, 0.3) is 93.5 Å². The molecule has 0 bridgehead atoms. The molecule has 1 heterocycles. The first-order valence-electron chi connectivity index (χ1n) is 22.0. The second-order valence-electron chi connectivity index (χ2n) is 16.5. The molecule has 0 saturated heterocycles. The quantitative estimate of drug-likeness (QED) is 0.148. The van der Waals surface area contributed by atoms with Crippen LogP contribution >= 0.6 is 0 Å². The van der Waals surface area contributed by atoms with Crippen LogP contribution in [0.2, 0.25) is 0 Å². The number of benzene rings is 11. The molecule has 0 atom stereocenters. The molecule has 0 spiro atoms. The molecule has 0 saturated carbocycles. The number of aromatic nitrogens is 1. The minimum atomic E-state index is 1.08. The van der Waals surface area contributed by atoms with Gasteiger partial charge in [0.25, 0.3) is 0 Å².